The molecule has 0 radical (unpaired) electrons. The van der Waals surface area contributed by atoms with E-state index in [9.17, 15) is 18.3 Å². The van der Waals surface area contributed by atoms with Gasteiger partial charge >= 0.3 is 0 Å². The zero-order chi connectivity index (χ0) is 12.9. The molecule has 17 heavy (non-hydrogen) atoms. The Hall–Kier alpha value is -0.493. The number of allylic oxidation sites excluding steroid dienone is 1. The number of hydrogen-bond acceptors (Lipinski definition) is 2. The van der Waals surface area contributed by atoms with Crippen LogP contribution in [-0.2, 0) is 4.43 Å². The van der Waals surface area contributed by atoms with Crippen LogP contribution in [0.5, 0.6) is 0 Å². The SMILES string of the molecule is CCC=C(O)[Si]1(CC(F)C(F)F)CCCCO1. The van der Waals surface area contributed by atoms with E-state index in [1.165, 1.54) is 0 Å². The molecule has 0 spiro atoms. The summed E-state index contributed by atoms with van der Waals surface area (Å²) in [6, 6.07) is 0.190. The number of hydrogen-bond donors (Lipinski definition) is 1. The number of rotatable bonds is 5. The predicted molar refractivity (Wildman–Crippen MR) is 62.5 cm³/mol. The first-order chi connectivity index (χ1) is 8.02. The van der Waals surface area contributed by atoms with Gasteiger partial charge in [-0.25, -0.2) is 13.2 Å². The van der Waals surface area contributed by atoms with Crippen molar-refractivity contribution >= 4 is 8.32 Å². The van der Waals surface area contributed by atoms with Crippen molar-refractivity contribution in [3.8, 4) is 0 Å². The third-order valence-electron chi connectivity index (χ3n) is 3.02. The second-order valence-electron chi connectivity index (χ2n) is 4.35. The number of aliphatic hydroxyl groups is 1. The smallest absolute Gasteiger partial charge is 0.269 e. The fourth-order valence-corrected chi connectivity index (χ4v) is 5.92. The fourth-order valence-electron chi connectivity index (χ4n) is 2.10. The van der Waals surface area contributed by atoms with Gasteiger partial charge in [0.15, 0.2) is 6.17 Å². The van der Waals surface area contributed by atoms with Crippen LogP contribution in [0.1, 0.15) is 26.2 Å². The molecule has 1 fully saturated rings. The molecule has 1 aliphatic heterocycles. The van der Waals surface area contributed by atoms with Crippen LogP contribution in [0.15, 0.2) is 11.5 Å². The summed E-state index contributed by atoms with van der Waals surface area (Å²) in [7, 11) is -2.87. The summed E-state index contributed by atoms with van der Waals surface area (Å²) in [5, 5.41) is 9.97. The van der Waals surface area contributed by atoms with E-state index in [2.05, 4.69) is 0 Å². The standard InChI is InChI=1S/C11H19F3O2Si/c1-2-5-10(15)17(7-4-3-6-16-17)8-9(12)11(13)14/h5,9,11,15H,2-4,6-8H2,1H3. The van der Waals surface area contributed by atoms with Crippen LogP contribution in [-0.4, -0.2) is 32.6 Å². The van der Waals surface area contributed by atoms with Crippen LogP contribution >= 0.6 is 0 Å². The van der Waals surface area contributed by atoms with Gasteiger partial charge in [0.05, 0.1) is 5.38 Å². The lowest BCUT2D eigenvalue weighted by Crippen LogP contribution is -2.47. The molecule has 1 N–H and O–H groups in total. The lowest BCUT2D eigenvalue weighted by Gasteiger charge is -2.35. The first-order valence-electron chi connectivity index (χ1n) is 5.97. The quantitative estimate of drug-likeness (QED) is 0.608. The molecule has 2 unspecified atom stereocenters. The van der Waals surface area contributed by atoms with E-state index in [-0.39, 0.29) is 11.4 Å². The number of aliphatic hydroxyl groups excluding tert-OH is 1. The van der Waals surface area contributed by atoms with E-state index >= 15 is 0 Å². The second kappa shape index (κ2) is 6.44. The zero-order valence-corrected chi connectivity index (χ0v) is 11.0. The van der Waals surface area contributed by atoms with E-state index in [1.807, 2.05) is 6.92 Å². The molecule has 0 saturated carbocycles. The fraction of sp³-hybridized carbons (Fsp3) is 0.818. The van der Waals surface area contributed by atoms with Crippen LogP contribution in [0.4, 0.5) is 13.2 Å². The lowest BCUT2D eigenvalue weighted by atomic mass is 10.4. The monoisotopic (exact) mass is 268 g/mol. The maximum atomic E-state index is 13.2. The molecule has 0 aromatic heterocycles. The van der Waals surface area contributed by atoms with Crippen molar-refractivity contribution in [2.24, 2.45) is 0 Å². The molecule has 0 aromatic carbocycles. The molecule has 0 aromatic rings. The highest BCUT2D eigenvalue weighted by atomic mass is 28.4. The average Bonchev–Trinajstić information content (AvgIpc) is 2.30. The zero-order valence-electron chi connectivity index (χ0n) is 9.96. The molecule has 1 rings (SSSR count). The molecular formula is C11H19F3O2Si. The van der Waals surface area contributed by atoms with Gasteiger partial charge in [0, 0.05) is 12.7 Å². The van der Waals surface area contributed by atoms with Crippen molar-refractivity contribution in [1.82, 2.24) is 0 Å². The molecule has 0 aliphatic carbocycles. The van der Waals surface area contributed by atoms with Gasteiger partial charge in [-0.05, 0) is 25.0 Å². The third kappa shape index (κ3) is 3.74. The van der Waals surface area contributed by atoms with Crippen LogP contribution in [0, 0.1) is 0 Å². The molecule has 0 amide bonds. The Morgan fingerprint density at radius 1 is 1.41 bits per heavy atom. The first-order valence-corrected chi connectivity index (χ1v) is 8.30. The minimum Gasteiger partial charge on any atom is -0.515 e. The van der Waals surface area contributed by atoms with Gasteiger partial charge in [-0.2, -0.15) is 0 Å². The highest BCUT2D eigenvalue weighted by Crippen LogP contribution is 2.34. The van der Waals surface area contributed by atoms with E-state index in [0.29, 0.717) is 19.1 Å². The van der Waals surface area contributed by atoms with Gasteiger partial charge in [0.1, 0.15) is 0 Å². The topological polar surface area (TPSA) is 29.5 Å². The minimum absolute atomic E-state index is 0.0306. The normalized spacial score (nSPS) is 28.4. The van der Waals surface area contributed by atoms with Crippen LogP contribution < -0.4 is 0 Å². The molecule has 0 bridgehead atoms. The molecule has 1 saturated heterocycles. The Kier molecular flexibility index (Phi) is 5.52. The van der Waals surface area contributed by atoms with E-state index < -0.39 is 20.9 Å². The Balaban J connectivity index is 2.82. The highest BCUT2D eigenvalue weighted by molar-refractivity contribution is 6.80. The van der Waals surface area contributed by atoms with E-state index in [4.69, 9.17) is 4.43 Å². The van der Waals surface area contributed by atoms with Crippen LogP contribution in [0.25, 0.3) is 0 Å². The molecular weight excluding hydrogens is 249 g/mol. The molecule has 100 valence electrons. The van der Waals surface area contributed by atoms with Crippen molar-refractivity contribution in [3.05, 3.63) is 11.5 Å². The first kappa shape index (κ1) is 14.6. The summed E-state index contributed by atoms with van der Waals surface area (Å²) in [6.07, 6.45) is -1.39. The van der Waals surface area contributed by atoms with Gasteiger partial charge in [-0.1, -0.05) is 13.3 Å². The van der Waals surface area contributed by atoms with Crippen molar-refractivity contribution in [1.29, 1.82) is 0 Å². The Morgan fingerprint density at radius 2 is 2.12 bits per heavy atom. The predicted octanol–water partition coefficient (Wildman–Crippen LogP) is 3.74. The largest absolute Gasteiger partial charge is 0.515 e. The van der Waals surface area contributed by atoms with Gasteiger partial charge in [0.25, 0.3) is 14.7 Å². The Labute approximate surface area is 101 Å². The summed E-state index contributed by atoms with van der Waals surface area (Å²) >= 11 is 0. The van der Waals surface area contributed by atoms with Crippen molar-refractivity contribution in [2.45, 2.75) is 50.9 Å². The molecule has 6 heteroatoms. The second-order valence-corrected chi connectivity index (χ2v) is 8.05. The number of alkyl halides is 3. The lowest BCUT2D eigenvalue weighted by molar-refractivity contribution is 0.0560. The molecule has 2 atom stereocenters. The Morgan fingerprint density at radius 3 is 2.59 bits per heavy atom. The van der Waals surface area contributed by atoms with Gasteiger partial charge in [-0.15, -0.1) is 0 Å². The molecule has 1 aliphatic rings. The minimum atomic E-state index is -3.00. The summed E-state index contributed by atoms with van der Waals surface area (Å²) in [5.74, 6) is 0. The average molecular weight is 268 g/mol. The maximum absolute atomic E-state index is 13.2. The Bertz CT molecular complexity index is 265. The van der Waals surface area contributed by atoms with Gasteiger partial charge < -0.3 is 9.53 Å². The summed E-state index contributed by atoms with van der Waals surface area (Å²) in [5.41, 5.74) is 0. The van der Waals surface area contributed by atoms with Gasteiger partial charge in [-0.3, -0.25) is 0 Å². The number of halogens is 3. The van der Waals surface area contributed by atoms with Crippen molar-refractivity contribution in [2.75, 3.05) is 6.61 Å². The molecule has 2 nitrogen and oxygen atoms in total. The van der Waals surface area contributed by atoms with Crippen molar-refractivity contribution < 1.29 is 22.7 Å². The summed E-state index contributed by atoms with van der Waals surface area (Å²) < 4.78 is 43.4. The van der Waals surface area contributed by atoms with Crippen LogP contribution in [0.2, 0.25) is 12.1 Å². The third-order valence-corrected chi connectivity index (χ3v) is 7.12. The highest BCUT2D eigenvalue weighted by Gasteiger charge is 2.45. The van der Waals surface area contributed by atoms with E-state index in [0.717, 1.165) is 12.8 Å². The summed E-state index contributed by atoms with van der Waals surface area (Å²) in [6.45, 7) is 2.27. The molecule has 1 heterocycles. The van der Waals surface area contributed by atoms with Gasteiger partial charge in [0.2, 0.25) is 0 Å². The maximum Gasteiger partial charge on any atom is 0.269 e. The van der Waals surface area contributed by atoms with Crippen LogP contribution in [0.3, 0.4) is 0 Å². The van der Waals surface area contributed by atoms with E-state index in [1.54, 1.807) is 6.08 Å². The summed E-state index contributed by atoms with van der Waals surface area (Å²) in [4.78, 5) is 0. The van der Waals surface area contributed by atoms with Crippen molar-refractivity contribution in [3.63, 3.8) is 0 Å².